The zero-order valence-electron chi connectivity index (χ0n) is 15.9. The molecular weight excluding hydrogens is 472 g/mol. The predicted octanol–water partition coefficient (Wildman–Crippen LogP) is 5.47. The minimum atomic E-state index is -0.476. The zero-order valence-corrected chi connectivity index (χ0v) is 18.3. The highest BCUT2D eigenvalue weighted by atomic mass is 79.9. The third kappa shape index (κ3) is 4.59. The molecule has 1 heterocycles. The van der Waals surface area contributed by atoms with Crippen molar-refractivity contribution in [3.63, 3.8) is 0 Å². The van der Waals surface area contributed by atoms with Gasteiger partial charge in [0.15, 0.2) is 11.5 Å². The van der Waals surface area contributed by atoms with Gasteiger partial charge >= 0.3 is 0 Å². The number of non-ortho nitro benzene ring substituents is 1. The lowest BCUT2D eigenvalue weighted by molar-refractivity contribution is -0.384. The van der Waals surface area contributed by atoms with Crippen LogP contribution in [-0.2, 0) is 0 Å². The Labute approximate surface area is 184 Å². The van der Waals surface area contributed by atoms with Gasteiger partial charge in [-0.3, -0.25) is 10.1 Å². The van der Waals surface area contributed by atoms with Crippen molar-refractivity contribution in [3.05, 3.63) is 67.6 Å². The smallest absolute Gasteiger partial charge is 0.270 e. The molecule has 3 aromatic rings. The highest BCUT2D eigenvalue weighted by Gasteiger charge is 2.13. The molecule has 0 fully saturated rings. The molecule has 0 radical (unpaired) electrons. The van der Waals surface area contributed by atoms with Gasteiger partial charge < -0.3 is 14.8 Å². The number of nitrogens with one attached hydrogen (secondary N) is 1. The van der Waals surface area contributed by atoms with Crippen LogP contribution in [0.3, 0.4) is 0 Å². The van der Waals surface area contributed by atoms with Gasteiger partial charge in [0.05, 0.1) is 30.5 Å². The summed E-state index contributed by atoms with van der Waals surface area (Å²) >= 11 is 4.62. The van der Waals surface area contributed by atoms with Crippen LogP contribution in [0.25, 0.3) is 16.8 Å². The minimum Gasteiger partial charge on any atom is -0.493 e. The van der Waals surface area contributed by atoms with Crippen LogP contribution in [0.4, 0.5) is 11.4 Å². The highest BCUT2D eigenvalue weighted by molar-refractivity contribution is 9.10. The van der Waals surface area contributed by atoms with E-state index in [0.717, 1.165) is 5.56 Å². The number of allylic oxidation sites excluding steroid dienone is 1. The molecule has 0 saturated carbocycles. The molecule has 30 heavy (non-hydrogen) atoms. The topological polar surface area (TPSA) is 110 Å². The summed E-state index contributed by atoms with van der Waals surface area (Å²) in [6.45, 7) is 0. The Balaban J connectivity index is 1.84. The second-order valence-corrected chi connectivity index (χ2v) is 7.56. The highest BCUT2D eigenvalue weighted by Crippen LogP contribution is 2.34. The van der Waals surface area contributed by atoms with E-state index in [1.165, 1.54) is 29.7 Å². The molecule has 0 spiro atoms. The number of halogens is 1. The first-order valence-corrected chi connectivity index (χ1v) is 10.1. The molecule has 1 aromatic heterocycles. The van der Waals surface area contributed by atoms with E-state index in [1.54, 1.807) is 26.4 Å². The van der Waals surface area contributed by atoms with Crippen LogP contribution in [0.2, 0.25) is 0 Å². The second kappa shape index (κ2) is 9.39. The Morgan fingerprint density at radius 2 is 2.03 bits per heavy atom. The fourth-order valence-corrected chi connectivity index (χ4v) is 3.83. The molecule has 0 unspecified atom stereocenters. The van der Waals surface area contributed by atoms with E-state index in [1.807, 2.05) is 17.5 Å². The number of aromatic nitrogens is 1. The number of methoxy groups -OCH3 is 2. The van der Waals surface area contributed by atoms with Gasteiger partial charge in [-0.15, -0.1) is 11.3 Å². The largest absolute Gasteiger partial charge is 0.493 e. The first-order valence-electron chi connectivity index (χ1n) is 8.46. The molecule has 0 atom stereocenters. The monoisotopic (exact) mass is 486 g/mol. The lowest BCUT2D eigenvalue weighted by atomic mass is 10.1. The summed E-state index contributed by atoms with van der Waals surface area (Å²) in [7, 11) is 3.13. The maximum Gasteiger partial charge on any atom is 0.270 e. The molecule has 0 amide bonds. The molecule has 0 bridgehead atoms. The Morgan fingerprint density at radius 1 is 1.27 bits per heavy atom. The van der Waals surface area contributed by atoms with E-state index < -0.39 is 4.92 Å². The van der Waals surface area contributed by atoms with Gasteiger partial charge in [-0.25, -0.2) is 4.98 Å². The molecule has 0 aliphatic rings. The molecule has 0 aliphatic carbocycles. The number of benzene rings is 2. The first-order chi connectivity index (χ1) is 14.5. The zero-order chi connectivity index (χ0) is 21.7. The predicted molar refractivity (Wildman–Crippen MR) is 119 cm³/mol. The number of nitro groups is 1. The van der Waals surface area contributed by atoms with Crippen molar-refractivity contribution >= 4 is 44.2 Å². The number of thiazole rings is 1. The van der Waals surface area contributed by atoms with Gasteiger partial charge in [0, 0.05) is 33.7 Å². The Bertz CT molecular complexity index is 1170. The van der Waals surface area contributed by atoms with Gasteiger partial charge in [0.1, 0.15) is 16.6 Å². The third-order valence-electron chi connectivity index (χ3n) is 4.07. The maximum absolute atomic E-state index is 10.8. The third-order valence-corrected chi connectivity index (χ3v) is 5.60. The van der Waals surface area contributed by atoms with Crippen LogP contribution >= 0.6 is 27.3 Å². The van der Waals surface area contributed by atoms with Gasteiger partial charge in [-0.2, -0.15) is 5.26 Å². The number of nitrogens with zero attached hydrogens (tertiary/aromatic N) is 3. The Kier molecular flexibility index (Phi) is 6.66. The molecule has 0 saturated heterocycles. The molecule has 3 rings (SSSR count). The lowest BCUT2D eigenvalue weighted by Gasteiger charge is -2.08. The number of hydrogen-bond acceptors (Lipinski definition) is 8. The summed E-state index contributed by atoms with van der Waals surface area (Å²) < 4.78 is 11.1. The van der Waals surface area contributed by atoms with E-state index in [-0.39, 0.29) is 5.69 Å². The summed E-state index contributed by atoms with van der Waals surface area (Å²) in [5.74, 6) is 1.21. The van der Waals surface area contributed by atoms with Gasteiger partial charge in [-0.1, -0.05) is 0 Å². The van der Waals surface area contributed by atoms with Gasteiger partial charge in [-0.05, 0) is 40.2 Å². The maximum atomic E-state index is 10.8. The summed E-state index contributed by atoms with van der Waals surface area (Å²) in [5.41, 5.74) is 2.42. The van der Waals surface area contributed by atoms with Crippen LogP contribution in [0, 0.1) is 21.4 Å². The number of nitro benzene ring substituents is 1. The van der Waals surface area contributed by atoms with Gasteiger partial charge in [0.25, 0.3) is 5.69 Å². The van der Waals surface area contributed by atoms with Crippen molar-refractivity contribution in [2.75, 3.05) is 19.5 Å². The molecule has 2 aromatic carbocycles. The summed E-state index contributed by atoms with van der Waals surface area (Å²) in [6.07, 6.45) is 1.52. The normalized spacial score (nSPS) is 10.9. The fraction of sp³-hybridized carbons (Fsp3) is 0.100. The van der Waals surface area contributed by atoms with Crippen molar-refractivity contribution in [2.45, 2.75) is 0 Å². The Hall–Kier alpha value is -3.42. The van der Waals surface area contributed by atoms with E-state index in [0.29, 0.717) is 37.9 Å². The number of anilines is 1. The van der Waals surface area contributed by atoms with Crippen molar-refractivity contribution in [2.24, 2.45) is 0 Å². The van der Waals surface area contributed by atoms with Crippen LogP contribution in [0.15, 0.2) is 52.5 Å². The van der Waals surface area contributed by atoms with E-state index >= 15 is 0 Å². The second-order valence-electron chi connectivity index (χ2n) is 5.84. The standard InChI is InChI=1S/C20H15BrN4O4S/c1-28-18-6-3-12(7-19(18)29-2)17-11-30-20(24-17)13(9-22)10-23-16-5-4-14(25(26)27)8-15(16)21/h3-8,10-11,23H,1-2H3. The van der Waals surface area contributed by atoms with E-state index in [4.69, 9.17) is 9.47 Å². The number of rotatable bonds is 7. The van der Waals surface area contributed by atoms with Crippen molar-refractivity contribution in [1.82, 2.24) is 4.98 Å². The van der Waals surface area contributed by atoms with Gasteiger partial charge in [0.2, 0.25) is 0 Å². The molecule has 152 valence electrons. The summed E-state index contributed by atoms with van der Waals surface area (Å²) in [4.78, 5) is 14.9. The van der Waals surface area contributed by atoms with E-state index in [2.05, 4.69) is 32.3 Å². The molecule has 10 heteroatoms. The number of nitriles is 1. The molecule has 8 nitrogen and oxygen atoms in total. The van der Waals surface area contributed by atoms with Crippen molar-refractivity contribution in [3.8, 4) is 28.8 Å². The minimum absolute atomic E-state index is 0.0311. The Morgan fingerprint density at radius 3 is 2.67 bits per heavy atom. The fourth-order valence-electron chi connectivity index (χ4n) is 2.55. The number of hydrogen-bond donors (Lipinski definition) is 1. The van der Waals surface area contributed by atoms with Crippen molar-refractivity contribution in [1.29, 1.82) is 5.26 Å². The lowest BCUT2D eigenvalue weighted by Crippen LogP contribution is -1.94. The summed E-state index contributed by atoms with van der Waals surface area (Å²) in [6, 6.07) is 11.9. The SMILES string of the molecule is COc1ccc(-c2csc(C(C#N)=CNc3ccc([N+](=O)[O-])cc3Br)n2)cc1OC. The summed E-state index contributed by atoms with van der Waals surface area (Å²) in [5, 5.41) is 25.8. The van der Waals surface area contributed by atoms with Crippen molar-refractivity contribution < 1.29 is 14.4 Å². The molecular formula is C20H15BrN4O4S. The quantitative estimate of drug-likeness (QED) is 0.267. The number of ether oxygens (including phenoxy) is 2. The average Bonchev–Trinajstić information content (AvgIpc) is 3.24. The molecule has 1 N–H and O–H groups in total. The van der Waals surface area contributed by atoms with Crippen LogP contribution in [0.5, 0.6) is 11.5 Å². The van der Waals surface area contributed by atoms with Crippen LogP contribution in [-0.4, -0.2) is 24.1 Å². The van der Waals surface area contributed by atoms with E-state index in [9.17, 15) is 15.4 Å². The van der Waals surface area contributed by atoms with Crippen LogP contribution < -0.4 is 14.8 Å². The average molecular weight is 487 g/mol. The molecule has 0 aliphatic heterocycles. The first kappa shape index (κ1) is 21.3. The van der Waals surface area contributed by atoms with Crippen LogP contribution in [0.1, 0.15) is 5.01 Å².